The summed E-state index contributed by atoms with van der Waals surface area (Å²) in [6.45, 7) is 4.88. The molecule has 0 radical (unpaired) electrons. The molecule has 1 saturated heterocycles. The van der Waals surface area contributed by atoms with Crippen molar-refractivity contribution in [2.75, 3.05) is 31.1 Å². The van der Waals surface area contributed by atoms with Crippen LogP contribution in [0.1, 0.15) is 16.3 Å². The van der Waals surface area contributed by atoms with E-state index in [1.54, 1.807) is 6.07 Å². The number of nitrogens with zero attached hydrogens (tertiary/aromatic N) is 3. The van der Waals surface area contributed by atoms with Crippen molar-refractivity contribution >= 4 is 33.3 Å². The molecule has 0 unspecified atom stereocenters. The topological polar surface area (TPSA) is 49.6 Å². The Bertz CT molecular complexity index is 846. The molecule has 1 fully saturated rings. The van der Waals surface area contributed by atoms with E-state index in [4.69, 9.17) is 4.42 Å². The van der Waals surface area contributed by atoms with Gasteiger partial charge in [-0.3, -0.25) is 4.79 Å². The molecule has 0 spiro atoms. The van der Waals surface area contributed by atoms with E-state index >= 15 is 0 Å². The van der Waals surface area contributed by atoms with Gasteiger partial charge in [0.25, 0.3) is 5.91 Å². The molecule has 2 aromatic heterocycles. The number of rotatable bonds is 2. The van der Waals surface area contributed by atoms with Crippen molar-refractivity contribution in [1.82, 2.24) is 9.27 Å². The number of benzene rings is 1. The highest BCUT2D eigenvalue weighted by Gasteiger charge is 2.25. The van der Waals surface area contributed by atoms with Gasteiger partial charge in [0, 0.05) is 31.6 Å². The van der Waals surface area contributed by atoms with E-state index in [9.17, 15) is 4.79 Å². The van der Waals surface area contributed by atoms with Gasteiger partial charge in [-0.1, -0.05) is 12.1 Å². The Morgan fingerprint density at radius 2 is 1.91 bits per heavy atom. The molecule has 1 aliphatic rings. The Morgan fingerprint density at radius 1 is 1.13 bits per heavy atom. The number of hydrogen-bond donors (Lipinski definition) is 0. The normalized spacial score (nSPS) is 15.3. The lowest BCUT2D eigenvalue weighted by Gasteiger charge is -2.34. The number of carbonyl (C=O) groups is 1. The molecule has 118 valence electrons. The average molecular weight is 327 g/mol. The van der Waals surface area contributed by atoms with Crippen molar-refractivity contribution in [2.24, 2.45) is 0 Å². The molecule has 1 aliphatic heterocycles. The zero-order valence-corrected chi connectivity index (χ0v) is 13.7. The highest BCUT2D eigenvalue weighted by molar-refractivity contribution is 7.11. The molecule has 0 bridgehead atoms. The summed E-state index contributed by atoms with van der Waals surface area (Å²) in [6.07, 6.45) is 0. The first kappa shape index (κ1) is 14.3. The number of furan rings is 1. The summed E-state index contributed by atoms with van der Waals surface area (Å²) >= 11 is 1.53. The van der Waals surface area contributed by atoms with Crippen molar-refractivity contribution in [2.45, 2.75) is 6.92 Å². The van der Waals surface area contributed by atoms with Crippen LogP contribution in [0, 0.1) is 6.92 Å². The van der Waals surface area contributed by atoms with Gasteiger partial charge >= 0.3 is 0 Å². The molecule has 3 aromatic rings. The molecule has 0 saturated carbocycles. The lowest BCUT2D eigenvalue weighted by atomic mass is 10.2. The molecular formula is C17H17N3O2S. The second kappa shape index (κ2) is 5.70. The van der Waals surface area contributed by atoms with Gasteiger partial charge in [-0.2, -0.15) is 4.37 Å². The van der Waals surface area contributed by atoms with E-state index in [1.807, 2.05) is 36.1 Å². The number of carbonyl (C=O) groups excluding carboxylic acids is 1. The molecule has 5 nitrogen and oxygen atoms in total. The third-order valence-corrected chi connectivity index (χ3v) is 5.11. The molecule has 0 aliphatic carbocycles. The van der Waals surface area contributed by atoms with Crippen molar-refractivity contribution in [1.29, 1.82) is 0 Å². The van der Waals surface area contributed by atoms with Crippen LogP contribution in [0.4, 0.5) is 5.00 Å². The summed E-state index contributed by atoms with van der Waals surface area (Å²) in [5, 5.41) is 2.39. The van der Waals surface area contributed by atoms with Gasteiger partial charge in [0.15, 0.2) is 5.76 Å². The maximum Gasteiger partial charge on any atom is 0.289 e. The van der Waals surface area contributed by atoms with Crippen LogP contribution < -0.4 is 4.90 Å². The van der Waals surface area contributed by atoms with Crippen LogP contribution in [0.2, 0.25) is 0 Å². The fourth-order valence-electron chi connectivity index (χ4n) is 2.92. The quantitative estimate of drug-likeness (QED) is 0.725. The summed E-state index contributed by atoms with van der Waals surface area (Å²) in [7, 11) is 0. The zero-order chi connectivity index (χ0) is 15.8. The second-order valence-corrected chi connectivity index (χ2v) is 6.45. The van der Waals surface area contributed by atoms with Crippen LogP contribution in [-0.2, 0) is 0 Å². The summed E-state index contributed by atoms with van der Waals surface area (Å²) in [5.41, 5.74) is 1.04. The number of hydrogen-bond acceptors (Lipinski definition) is 5. The molecule has 6 heteroatoms. The third-order valence-electron chi connectivity index (χ3n) is 4.17. The van der Waals surface area contributed by atoms with E-state index in [-0.39, 0.29) is 5.91 Å². The van der Waals surface area contributed by atoms with Crippen LogP contribution in [0.25, 0.3) is 10.9 Å². The maximum absolute atomic E-state index is 12.4. The van der Waals surface area contributed by atoms with E-state index in [1.165, 1.54) is 21.9 Å². The second-order valence-electron chi connectivity index (χ2n) is 5.69. The standard InChI is InChI=1S/C17H17N3O2S/c1-12-6-7-15(22-12)16(21)19-8-10-20(11-9-19)17-13-4-2-3-5-14(13)18-23-17/h2-7H,8-11H2,1H3. The van der Waals surface area contributed by atoms with Gasteiger partial charge in [0.1, 0.15) is 10.8 Å². The monoisotopic (exact) mass is 327 g/mol. The number of anilines is 1. The zero-order valence-electron chi connectivity index (χ0n) is 12.9. The van der Waals surface area contributed by atoms with Crippen LogP contribution >= 0.6 is 11.5 Å². The first-order chi connectivity index (χ1) is 11.2. The van der Waals surface area contributed by atoms with Gasteiger partial charge < -0.3 is 14.2 Å². The minimum Gasteiger partial charge on any atom is -0.456 e. The van der Waals surface area contributed by atoms with Gasteiger partial charge in [0.2, 0.25) is 0 Å². The summed E-state index contributed by atoms with van der Waals surface area (Å²) < 4.78 is 9.95. The van der Waals surface area contributed by atoms with Crippen LogP contribution in [0.5, 0.6) is 0 Å². The van der Waals surface area contributed by atoms with Crippen LogP contribution in [0.3, 0.4) is 0 Å². The Hall–Kier alpha value is -2.34. The summed E-state index contributed by atoms with van der Waals surface area (Å²) in [4.78, 5) is 16.6. The largest absolute Gasteiger partial charge is 0.456 e. The van der Waals surface area contributed by atoms with E-state index in [2.05, 4.69) is 15.3 Å². The van der Waals surface area contributed by atoms with Crippen molar-refractivity contribution in [3.05, 3.63) is 47.9 Å². The van der Waals surface area contributed by atoms with Crippen LogP contribution in [-0.4, -0.2) is 41.4 Å². The molecular weight excluding hydrogens is 310 g/mol. The van der Waals surface area contributed by atoms with E-state index in [0.717, 1.165) is 24.4 Å². The number of piperazine rings is 1. The number of aromatic nitrogens is 1. The Morgan fingerprint density at radius 3 is 2.65 bits per heavy atom. The molecule has 0 N–H and O–H groups in total. The number of fused-ring (bicyclic) bond motifs is 1. The van der Waals surface area contributed by atoms with E-state index in [0.29, 0.717) is 18.8 Å². The number of amides is 1. The van der Waals surface area contributed by atoms with Gasteiger partial charge in [-0.05, 0) is 42.7 Å². The minimum atomic E-state index is -0.0214. The smallest absolute Gasteiger partial charge is 0.289 e. The summed E-state index contributed by atoms with van der Waals surface area (Å²) in [6, 6.07) is 11.8. The first-order valence-electron chi connectivity index (χ1n) is 7.67. The predicted molar refractivity (Wildman–Crippen MR) is 91.2 cm³/mol. The minimum absolute atomic E-state index is 0.0214. The highest BCUT2D eigenvalue weighted by Crippen LogP contribution is 2.31. The fraction of sp³-hybridized carbons (Fsp3) is 0.294. The molecule has 0 atom stereocenters. The van der Waals surface area contributed by atoms with Crippen molar-refractivity contribution < 1.29 is 9.21 Å². The molecule has 1 amide bonds. The summed E-state index contributed by atoms with van der Waals surface area (Å²) in [5.74, 6) is 1.18. The third kappa shape index (κ3) is 2.59. The van der Waals surface area contributed by atoms with Crippen LogP contribution in [0.15, 0.2) is 40.8 Å². The Balaban J connectivity index is 1.48. The SMILES string of the molecule is Cc1ccc(C(=O)N2CCN(c3snc4ccccc34)CC2)o1. The van der Waals surface area contributed by atoms with Gasteiger partial charge in [-0.25, -0.2) is 0 Å². The Kier molecular flexibility index (Phi) is 3.53. The molecule has 3 heterocycles. The molecule has 1 aromatic carbocycles. The van der Waals surface area contributed by atoms with Gasteiger partial charge in [0.05, 0.1) is 5.52 Å². The molecule has 4 rings (SSSR count). The first-order valence-corrected chi connectivity index (χ1v) is 8.45. The lowest BCUT2D eigenvalue weighted by molar-refractivity contribution is 0.0713. The van der Waals surface area contributed by atoms with Crippen molar-refractivity contribution in [3.63, 3.8) is 0 Å². The van der Waals surface area contributed by atoms with E-state index < -0.39 is 0 Å². The fourth-order valence-corrected chi connectivity index (χ4v) is 3.83. The lowest BCUT2D eigenvalue weighted by Crippen LogP contribution is -2.48. The Labute approximate surface area is 138 Å². The average Bonchev–Trinajstić information content (AvgIpc) is 3.21. The molecule has 23 heavy (non-hydrogen) atoms. The van der Waals surface area contributed by atoms with Crippen molar-refractivity contribution in [3.8, 4) is 0 Å². The highest BCUT2D eigenvalue weighted by atomic mass is 32.1. The maximum atomic E-state index is 12.4. The number of aryl methyl sites for hydroxylation is 1. The predicted octanol–water partition coefficient (Wildman–Crippen LogP) is 3.16. The van der Waals surface area contributed by atoms with Gasteiger partial charge in [-0.15, -0.1) is 0 Å².